The molecule has 2 rings (SSSR count). The first kappa shape index (κ1) is 16.5. The van der Waals surface area contributed by atoms with Crippen LogP contribution in [0, 0.1) is 0 Å². The summed E-state index contributed by atoms with van der Waals surface area (Å²) in [6, 6.07) is 9.42. The van der Waals surface area contributed by atoms with Gasteiger partial charge >= 0.3 is 6.03 Å². The van der Waals surface area contributed by atoms with E-state index < -0.39 is 6.10 Å². The van der Waals surface area contributed by atoms with Crippen molar-refractivity contribution in [3.8, 4) is 0 Å². The molecule has 1 atom stereocenters. The van der Waals surface area contributed by atoms with Crippen molar-refractivity contribution in [3.63, 3.8) is 0 Å². The highest BCUT2D eigenvalue weighted by Gasteiger charge is 2.08. The van der Waals surface area contributed by atoms with Crippen LogP contribution in [0.5, 0.6) is 0 Å². The zero-order valence-corrected chi connectivity index (χ0v) is 13.4. The van der Waals surface area contributed by atoms with E-state index in [1.165, 1.54) is 4.88 Å². The number of aryl methyl sites for hydroxylation is 1. The number of carbonyl (C=O) groups is 1. The summed E-state index contributed by atoms with van der Waals surface area (Å²) in [4.78, 5) is 17.1. The summed E-state index contributed by atoms with van der Waals surface area (Å²) < 4.78 is 0. The Morgan fingerprint density at radius 2 is 2.09 bits per heavy atom. The van der Waals surface area contributed by atoms with E-state index >= 15 is 0 Å². The fourth-order valence-corrected chi connectivity index (χ4v) is 2.78. The van der Waals surface area contributed by atoms with Crippen LogP contribution in [-0.2, 0) is 19.4 Å². The molecule has 0 spiro atoms. The van der Waals surface area contributed by atoms with Crippen molar-refractivity contribution in [2.24, 2.45) is 0 Å². The van der Waals surface area contributed by atoms with Gasteiger partial charge in [-0.3, -0.25) is 0 Å². The third-order valence-electron chi connectivity index (χ3n) is 3.16. The monoisotopic (exact) mass is 319 g/mol. The average molecular weight is 319 g/mol. The number of nitrogens with one attached hydrogen (secondary N) is 2. The van der Waals surface area contributed by atoms with Gasteiger partial charge in [0.2, 0.25) is 0 Å². The molecule has 1 aromatic carbocycles. The van der Waals surface area contributed by atoms with Gasteiger partial charge in [-0.15, -0.1) is 11.3 Å². The molecule has 0 aliphatic rings. The first-order chi connectivity index (χ1) is 10.7. The molecule has 3 N–H and O–H groups in total. The second-order valence-corrected chi connectivity index (χ2v) is 6.18. The highest BCUT2D eigenvalue weighted by molar-refractivity contribution is 7.11. The lowest BCUT2D eigenvalue weighted by atomic mass is 10.1. The van der Waals surface area contributed by atoms with Gasteiger partial charge in [0.05, 0.1) is 12.6 Å². The van der Waals surface area contributed by atoms with Gasteiger partial charge in [-0.2, -0.15) is 0 Å². The minimum Gasteiger partial charge on any atom is -0.391 e. The van der Waals surface area contributed by atoms with Crippen molar-refractivity contribution in [1.82, 2.24) is 15.6 Å². The number of aliphatic hydroxyl groups excluding tert-OH is 1. The Balaban J connectivity index is 1.66. The predicted octanol–water partition coefficient (Wildman–Crippen LogP) is 2.11. The zero-order chi connectivity index (χ0) is 15.8. The van der Waals surface area contributed by atoms with E-state index in [0.717, 1.165) is 17.0 Å². The van der Waals surface area contributed by atoms with Crippen molar-refractivity contribution < 1.29 is 9.90 Å². The topological polar surface area (TPSA) is 74.2 Å². The summed E-state index contributed by atoms with van der Waals surface area (Å²) in [5, 5.41) is 16.2. The number of hydrogen-bond acceptors (Lipinski definition) is 4. The van der Waals surface area contributed by atoms with Crippen LogP contribution in [-0.4, -0.2) is 28.8 Å². The quantitative estimate of drug-likeness (QED) is 0.732. The second kappa shape index (κ2) is 8.51. The Labute approximate surface area is 134 Å². The lowest BCUT2D eigenvalue weighted by Crippen LogP contribution is -2.39. The maximum Gasteiger partial charge on any atom is 0.315 e. The fraction of sp³-hybridized carbons (Fsp3) is 0.375. The Morgan fingerprint density at radius 1 is 1.32 bits per heavy atom. The van der Waals surface area contributed by atoms with Gasteiger partial charge < -0.3 is 15.7 Å². The largest absolute Gasteiger partial charge is 0.391 e. The molecular weight excluding hydrogens is 298 g/mol. The summed E-state index contributed by atoms with van der Waals surface area (Å²) in [7, 11) is 0. The van der Waals surface area contributed by atoms with Gasteiger partial charge in [-0.05, 0) is 12.0 Å². The van der Waals surface area contributed by atoms with Crippen LogP contribution in [0.4, 0.5) is 4.79 Å². The Bertz CT molecular complexity index is 586. The molecule has 0 aliphatic carbocycles. The van der Waals surface area contributed by atoms with Crippen LogP contribution in [0.25, 0.3) is 0 Å². The minimum absolute atomic E-state index is 0.221. The standard InChI is InChI=1S/C16H21N3O2S/c1-2-14-10-17-15(22-14)11-19-16(21)18-9-13(20)8-12-6-4-3-5-7-12/h3-7,10,13,20H,2,8-9,11H2,1H3,(H2,18,19,21). The van der Waals surface area contributed by atoms with E-state index in [1.807, 2.05) is 36.5 Å². The number of thiazole rings is 1. The van der Waals surface area contributed by atoms with Crippen molar-refractivity contribution in [1.29, 1.82) is 0 Å². The first-order valence-corrected chi connectivity index (χ1v) is 8.16. The summed E-state index contributed by atoms with van der Waals surface area (Å²) in [5.74, 6) is 0. The van der Waals surface area contributed by atoms with Crippen LogP contribution >= 0.6 is 11.3 Å². The van der Waals surface area contributed by atoms with Crippen molar-refractivity contribution >= 4 is 17.4 Å². The molecule has 0 radical (unpaired) electrons. The van der Waals surface area contributed by atoms with Crippen LogP contribution in [0.3, 0.4) is 0 Å². The number of amides is 2. The zero-order valence-electron chi connectivity index (χ0n) is 12.6. The normalized spacial score (nSPS) is 11.9. The van der Waals surface area contributed by atoms with Crippen molar-refractivity contribution in [3.05, 3.63) is 52.0 Å². The van der Waals surface area contributed by atoms with Gasteiger partial charge in [0.25, 0.3) is 0 Å². The molecule has 0 aliphatic heterocycles. The highest BCUT2D eigenvalue weighted by Crippen LogP contribution is 2.12. The van der Waals surface area contributed by atoms with Crippen LogP contribution < -0.4 is 10.6 Å². The van der Waals surface area contributed by atoms with Gasteiger partial charge in [0, 0.05) is 24.0 Å². The van der Waals surface area contributed by atoms with Gasteiger partial charge in [0.1, 0.15) is 5.01 Å². The summed E-state index contributed by atoms with van der Waals surface area (Å²) in [6.07, 6.45) is 2.71. The van der Waals surface area contributed by atoms with Crippen molar-refractivity contribution in [2.45, 2.75) is 32.4 Å². The number of benzene rings is 1. The van der Waals surface area contributed by atoms with Gasteiger partial charge in [-0.1, -0.05) is 37.3 Å². The molecular formula is C16H21N3O2S. The number of carbonyl (C=O) groups excluding carboxylic acids is 1. The Hall–Kier alpha value is -1.92. The Morgan fingerprint density at radius 3 is 2.77 bits per heavy atom. The molecule has 118 valence electrons. The summed E-state index contributed by atoms with van der Waals surface area (Å²) in [5.41, 5.74) is 1.05. The third-order valence-corrected chi connectivity index (χ3v) is 4.30. The maximum absolute atomic E-state index is 11.7. The lowest BCUT2D eigenvalue weighted by Gasteiger charge is -2.12. The number of urea groups is 1. The molecule has 6 heteroatoms. The van der Waals surface area contributed by atoms with E-state index in [2.05, 4.69) is 22.5 Å². The molecule has 0 saturated heterocycles. The molecule has 1 heterocycles. The Kier molecular flexibility index (Phi) is 6.36. The van der Waals surface area contributed by atoms with Gasteiger partial charge in [0.15, 0.2) is 0 Å². The fourth-order valence-electron chi connectivity index (χ4n) is 1.98. The van der Waals surface area contributed by atoms with E-state index in [9.17, 15) is 9.90 Å². The minimum atomic E-state index is -0.597. The summed E-state index contributed by atoms with van der Waals surface area (Å²) >= 11 is 1.60. The van der Waals surface area contributed by atoms with E-state index in [-0.39, 0.29) is 12.6 Å². The van der Waals surface area contributed by atoms with E-state index in [1.54, 1.807) is 11.3 Å². The van der Waals surface area contributed by atoms with Crippen LogP contribution in [0.15, 0.2) is 36.5 Å². The number of aromatic nitrogens is 1. The second-order valence-electron chi connectivity index (χ2n) is 4.98. The maximum atomic E-state index is 11.7. The number of aliphatic hydroxyl groups is 1. The molecule has 1 aromatic heterocycles. The SMILES string of the molecule is CCc1cnc(CNC(=O)NCC(O)Cc2ccccc2)s1. The molecule has 0 fully saturated rings. The number of nitrogens with zero attached hydrogens (tertiary/aromatic N) is 1. The molecule has 22 heavy (non-hydrogen) atoms. The third kappa shape index (κ3) is 5.46. The molecule has 2 aromatic rings. The number of rotatable bonds is 7. The molecule has 5 nitrogen and oxygen atoms in total. The van der Waals surface area contributed by atoms with E-state index in [4.69, 9.17) is 0 Å². The molecule has 0 bridgehead atoms. The first-order valence-electron chi connectivity index (χ1n) is 7.34. The highest BCUT2D eigenvalue weighted by atomic mass is 32.1. The molecule has 1 unspecified atom stereocenters. The molecule has 0 saturated carbocycles. The smallest absolute Gasteiger partial charge is 0.315 e. The predicted molar refractivity (Wildman–Crippen MR) is 87.9 cm³/mol. The van der Waals surface area contributed by atoms with Crippen molar-refractivity contribution in [2.75, 3.05) is 6.54 Å². The molecule has 2 amide bonds. The van der Waals surface area contributed by atoms with E-state index in [0.29, 0.717) is 13.0 Å². The lowest BCUT2D eigenvalue weighted by molar-refractivity contribution is 0.170. The average Bonchev–Trinajstić information content (AvgIpc) is 3.00. The number of hydrogen-bond donors (Lipinski definition) is 3. The van der Waals surface area contributed by atoms with Gasteiger partial charge in [-0.25, -0.2) is 9.78 Å². The summed E-state index contributed by atoms with van der Waals surface area (Å²) in [6.45, 7) is 2.70. The van der Waals surface area contributed by atoms with Crippen LogP contribution in [0.1, 0.15) is 22.4 Å². The van der Waals surface area contributed by atoms with Crippen LogP contribution in [0.2, 0.25) is 0 Å².